The summed E-state index contributed by atoms with van der Waals surface area (Å²) in [5, 5.41) is 4.92. The predicted molar refractivity (Wildman–Crippen MR) is 117 cm³/mol. The minimum Gasteiger partial charge on any atom is -0.313 e. The zero-order chi connectivity index (χ0) is 19.5. The first-order valence-electron chi connectivity index (χ1n) is 9.99. The predicted octanol–water partition coefficient (Wildman–Crippen LogP) is 3.74. The maximum Gasteiger partial charge on any atom is 0.203 e. The van der Waals surface area contributed by atoms with E-state index in [2.05, 4.69) is 79.1 Å². The fourth-order valence-corrected chi connectivity index (χ4v) is 4.23. The molecule has 1 aromatic heterocycles. The molecule has 0 aliphatic carbocycles. The molecule has 1 N–H and O–H groups in total. The SMILES string of the molecule is CCn1c(-c2ccccc2C)nn(C[NH+]2CC=C(c3ccccc3)CC2)c1=S. The highest BCUT2D eigenvalue weighted by Gasteiger charge is 2.19. The summed E-state index contributed by atoms with van der Waals surface area (Å²) < 4.78 is 4.97. The van der Waals surface area contributed by atoms with Gasteiger partial charge in [-0.15, -0.1) is 5.10 Å². The third-order valence-corrected chi connectivity index (χ3v) is 5.96. The minimum absolute atomic E-state index is 0.809. The lowest BCUT2D eigenvalue weighted by Gasteiger charge is -2.23. The topological polar surface area (TPSA) is 27.2 Å². The molecule has 0 spiro atoms. The van der Waals surface area contributed by atoms with Crippen molar-refractivity contribution in [2.75, 3.05) is 13.1 Å². The standard InChI is InChI=1S/C23H26N4S/c1-3-26-22(21-12-8-7-9-18(21)2)24-27(23(26)28)17-25-15-13-20(14-16-25)19-10-5-4-6-11-19/h4-13H,3,14-17H2,1-2H3/p+1. The van der Waals surface area contributed by atoms with Gasteiger partial charge in [-0.2, -0.15) is 4.68 Å². The first kappa shape index (κ1) is 18.8. The van der Waals surface area contributed by atoms with Gasteiger partial charge in [-0.1, -0.05) is 54.6 Å². The molecule has 0 saturated carbocycles. The van der Waals surface area contributed by atoms with Gasteiger partial charge >= 0.3 is 0 Å². The van der Waals surface area contributed by atoms with E-state index in [-0.39, 0.29) is 0 Å². The van der Waals surface area contributed by atoms with E-state index in [1.807, 2.05) is 4.68 Å². The van der Waals surface area contributed by atoms with Crippen LogP contribution in [0.4, 0.5) is 0 Å². The fourth-order valence-electron chi connectivity index (χ4n) is 3.91. The van der Waals surface area contributed by atoms with Crippen molar-refractivity contribution in [3.63, 3.8) is 0 Å². The Morgan fingerprint density at radius 1 is 1.07 bits per heavy atom. The van der Waals surface area contributed by atoms with Crippen LogP contribution in [0, 0.1) is 11.7 Å². The Labute approximate surface area is 171 Å². The van der Waals surface area contributed by atoms with Gasteiger partial charge in [0.25, 0.3) is 0 Å². The summed E-state index contributed by atoms with van der Waals surface area (Å²) in [5.41, 5.74) is 5.18. The van der Waals surface area contributed by atoms with E-state index in [4.69, 9.17) is 17.3 Å². The van der Waals surface area contributed by atoms with Crippen LogP contribution in [0.3, 0.4) is 0 Å². The summed E-state index contributed by atoms with van der Waals surface area (Å²) in [6.07, 6.45) is 3.46. The number of aryl methyl sites for hydroxylation is 1. The van der Waals surface area contributed by atoms with Crippen LogP contribution in [0.25, 0.3) is 17.0 Å². The van der Waals surface area contributed by atoms with Crippen molar-refractivity contribution in [2.45, 2.75) is 33.5 Å². The molecule has 28 heavy (non-hydrogen) atoms. The van der Waals surface area contributed by atoms with E-state index in [0.717, 1.165) is 48.9 Å². The van der Waals surface area contributed by atoms with E-state index in [0.29, 0.717) is 0 Å². The smallest absolute Gasteiger partial charge is 0.203 e. The number of nitrogens with zero attached hydrogens (tertiary/aromatic N) is 3. The Morgan fingerprint density at radius 2 is 1.82 bits per heavy atom. The molecule has 0 radical (unpaired) electrons. The first-order chi connectivity index (χ1) is 13.7. The zero-order valence-corrected chi connectivity index (χ0v) is 17.4. The molecule has 1 aliphatic heterocycles. The molecule has 0 saturated heterocycles. The summed E-state index contributed by atoms with van der Waals surface area (Å²) in [7, 11) is 0. The first-order valence-corrected chi connectivity index (χ1v) is 10.4. The summed E-state index contributed by atoms with van der Waals surface area (Å²) in [6, 6.07) is 19.1. The number of aromatic nitrogens is 3. The van der Waals surface area contributed by atoms with Crippen molar-refractivity contribution in [3.05, 3.63) is 76.6 Å². The second-order valence-corrected chi connectivity index (χ2v) is 7.74. The molecule has 4 nitrogen and oxygen atoms in total. The Balaban J connectivity index is 1.56. The van der Waals surface area contributed by atoms with E-state index in [1.54, 1.807) is 0 Å². The molecule has 0 fully saturated rings. The molecule has 1 aliphatic rings. The van der Waals surface area contributed by atoms with Crippen molar-refractivity contribution in [2.24, 2.45) is 0 Å². The second-order valence-electron chi connectivity index (χ2n) is 7.37. The number of hydrogen-bond donors (Lipinski definition) is 1. The summed E-state index contributed by atoms with van der Waals surface area (Å²) >= 11 is 5.76. The van der Waals surface area contributed by atoms with Crippen molar-refractivity contribution < 1.29 is 4.90 Å². The highest BCUT2D eigenvalue weighted by atomic mass is 32.1. The molecular formula is C23H27N4S+. The Morgan fingerprint density at radius 3 is 2.50 bits per heavy atom. The van der Waals surface area contributed by atoms with Gasteiger partial charge in [-0.3, -0.25) is 0 Å². The molecule has 0 bridgehead atoms. The van der Waals surface area contributed by atoms with Crippen molar-refractivity contribution in [1.29, 1.82) is 0 Å². The summed E-state index contributed by atoms with van der Waals surface area (Å²) in [6.45, 7) is 8.00. The second kappa shape index (κ2) is 8.25. The van der Waals surface area contributed by atoms with Gasteiger partial charge in [-0.05, 0) is 48.8 Å². The van der Waals surface area contributed by atoms with E-state index in [9.17, 15) is 0 Å². The quantitative estimate of drug-likeness (QED) is 0.671. The molecule has 144 valence electrons. The average molecular weight is 392 g/mol. The largest absolute Gasteiger partial charge is 0.313 e. The maximum absolute atomic E-state index is 5.76. The number of nitrogens with one attached hydrogen (secondary N) is 1. The van der Waals surface area contributed by atoms with Crippen molar-refractivity contribution >= 4 is 17.8 Å². The van der Waals surface area contributed by atoms with E-state index in [1.165, 1.54) is 21.6 Å². The summed E-state index contributed by atoms with van der Waals surface area (Å²) in [5.74, 6) is 0.975. The van der Waals surface area contributed by atoms with Gasteiger partial charge in [0, 0.05) is 18.5 Å². The van der Waals surface area contributed by atoms with Gasteiger partial charge in [0.15, 0.2) is 12.5 Å². The molecule has 1 atom stereocenters. The molecule has 3 aromatic rings. The van der Waals surface area contributed by atoms with Gasteiger partial charge in [-0.25, -0.2) is 0 Å². The van der Waals surface area contributed by atoms with Crippen LogP contribution in [0.2, 0.25) is 0 Å². The molecule has 5 heteroatoms. The summed E-state index contributed by atoms with van der Waals surface area (Å²) in [4.78, 5) is 1.49. The normalized spacial score (nSPS) is 16.8. The van der Waals surface area contributed by atoms with E-state index >= 15 is 0 Å². The van der Waals surface area contributed by atoms with Crippen LogP contribution in [0.5, 0.6) is 0 Å². The molecule has 1 unspecified atom stereocenters. The molecule has 0 amide bonds. The van der Waals surface area contributed by atoms with Crippen LogP contribution >= 0.6 is 12.2 Å². The van der Waals surface area contributed by atoms with E-state index < -0.39 is 0 Å². The van der Waals surface area contributed by atoms with Crippen LogP contribution in [0.1, 0.15) is 24.5 Å². The van der Waals surface area contributed by atoms with Crippen molar-refractivity contribution in [1.82, 2.24) is 14.3 Å². The van der Waals surface area contributed by atoms with Crippen molar-refractivity contribution in [3.8, 4) is 11.4 Å². The third-order valence-electron chi connectivity index (χ3n) is 5.53. The molecular weight excluding hydrogens is 364 g/mol. The van der Waals surface area contributed by atoms with Crippen LogP contribution in [0.15, 0.2) is 60.7 Å². The fraction of sp³-hybridized carbons (Fsp3) is 0.304. The lowest BCUT2D eigenvalue weighted by atomic mass is 10.00. The molecule has 2 aromatic carbocycles. The molecule has 4 rings (SSSR count). The third kappa shape index (κ3) is 3.73. The lowest BCUT2D eigenvalue weighted by Crippen LogP contribution is -3.11. The maximum atomic E-state index is 5.76. The highest BCUT2D eigenvalue weighted by molar-refractivity contribution is 7.71. The molecule has 2 heterocycles. The number of hydrogen-bond acceptors (Lipinski definition) is 2. The highest BCUT2D eigenvalue weighted by Crippen LogP contribution is 2.22. The number of benzene rings is 2. The van der Waals surface area contributed by atoms with Gasteiger partial charge in [0.1, 0.15) is 0 Å². The Bertz CT molecular complexity index is 1050. The monoisotopic (exact) mass is 391 g/mol. The van der Waals surface area contributed by atoms with Crippen LogP contribution in [-0.2, 0) is 13.2 Å². The number of rotatable bonds is 5. The van der Waals surface area contributed by atoms with Gasteiger partial charge < -0.3 is 9.47 Å². The number of quaternary nitrogens is 1. The lowest BCUT2D eigenvalue weighted by molar-refractivity contribution is -0.918. The Kier molecular flexibility index (Phi) is 5.55. The van der Waals surface area contributed by atoms with Gasteiger partial charge in [0.05, 0.1) is 13.1 Å². The minimum atomic E-state index is 0.809. The Hall–Kier alpha value is -2.50. The average Bonchev–Trinajstić information content (AvgIpc) is 3.04. The van der Waals surface area contributed by atoms with Crippen LogP contribution in [-0.4, -0.2) is 27.4 Å². The zero-order valence-electron chi connectivity index (χ0n) is 16.6. The van der Waals surface area contributed by atoms with Gasteiger partial charge in [0.2, 0.25) is 4.77 Å². The van der Waals surface area contributed by atoms with Crippen LogP contribution < -0.4 is 4.90 Å².